The number of hydrogen-bond donors (Lipinski definition) is 0. The lowest BCUT2D eigenvalue weighted by Gasteiger charge is -2.34. The summed E-state index contributed by atoms with van der Waals surface area (Å²) in [5.74, 6) is 0. The van der Waals surface area contributed by atoms with Gasteiger partial charge >= 0.3 is 0 Å². The fraction of sp³-hybridized carbons (Fsp3) is 0.0588. The van der Waals surface area contributed by atoms with Crippen LogP contribution in [0.3, 0.4) is 0 Å². The number of rotatable bonds is 8. The van der Waals surface area contributed by atoms with Crippen LogP contribution in [-0.4, -0.2) is 0 Å². The van der Waals surface area contributed by atoms with Gasteiger partial charge in [-0.05, 0) is 137 Å². The molecule has 1 nitrogen and oxygen atoms in total. The lowest BCUT2D eigenvalue weighted by molar-refractivity contribution is 0.660. The summed E-state index contributed by atoms with van der Waals surface area (Å²) in [6.07, 6.45) is 0. The van der Waals surface area contributed by atoms with E-state index in [1.807, 2.05) is 0 Å². The van der Waals surface area contributed by atoms with Crippen molar-refractivity contribution in [2.24, 2.45) is 0 Å². The SMILES string of the molecule is CC1(C)c2ccccc2-c2ccc(N(c3ccc(-c4ccc5c(c4)C(c4ccccc4)(c4ccccc4)c4ccccc4-5)cc3)c3ccccc3-c3cccc(-c4cccc5ccccc45)c3)cc21. The largest absolute Gasteiger partial charge is 0.310 e. The van der Waals surface area contributed by atoms with Crippen LogP contribution in [0.1, 0.15) is 47.2 Å². The third-order valence-electron chi connectivity index (χ3n) is 15.2. The Morgan fingerprint density at radius 1 is 0.290 bits per heavy atom. The maximum atomic E-state index is 2.47. The highest BCUT2D eigenvalue weighted by atomic mass is 15.1. The monoisotopic (exact) mass is 879 g/mol. The van der Waals surface area contributed by atoms with E-state index in [0.717, 1.165) is 17.1 Å². The fourth-order valence-electron chi connectivity index (χ4n) is 11.9. The van der Waals surface area contributed by atoms with E-state index >= 15 is 0 Å². The second-order valence-corrected chi connectivity index (χ2v) is 19.2. The van der Waals surface area contributed by atoms with Gasteiger partial charge in [-0.2, -0.15) is 0 Å². The molecule has 326 valence electrons. The van der Waals surface area contributed by atoms with E-state index in [1.54, 1.807) is 0 Å². The van der Waals surface area contributed by atoms with Gasteiger partial charge < -0.3 is 4.90 Å². The number of fused-ring (bicyclic) bond motifs is 7. The van der Waals surface area contributed by atoms with Crippen LogP contribution >= 0.6 is 0 Å². The Morgan fingerprint density at radius 3 is 1.55 bits per heavy atom. The van der Waals surface area contributed by atoms with Crippen molar-refractivity contribution >= 4 is 27.8 Å². The second-order valence-electron chi connectivity index (χ2n) is 19.2. The molecule has 2 aliphatic carbocycles. The van der Waals surface area contributed by atoms with E-state index in [1.165, 1.54) is 99.8 Å². The molecule has 0 atom stereocenters. The quantitative estimate of drug-likeness (QED) is 0.147. The summed E-state index contributed by atoms with van der Waals surface area (Å²) in [6.45, 7) is 4.74. The minimum atomic E-state index is -0.461. The van der Waals surface area contributed by atoms with Crippen LogP contribution in [0.15, 0.2) is 261 Å². The molecule has 0 aliphatic heterocycles. The highest BCUT2D eigenvalue weighted by Crippen LogP contribution is 2.57. The molecule has 0 saturated heterocycles. The molecule has 0 amide bonds. The Kier molecular flexibility index (Phi) is 9.49. The molecule has 0 fully saturated rings. The zero-order valence-electron chi connectivity index (χ0n) is 38.8. The van der Waals surface area contributed by atoms with Crippen molar-refractivity contribution in [1.82, 2.24) is 0 Å². The third kappa shape index (κ3) is 6.38. The number of para-hydroxylation sites is 1. The lowest BCUT2D eigenvalue weighted by Crippen LogP contribution is -2.28. The van der Waals surface area contributed by atoms with E-state index < -0.39 is 5.41 Å². The maximum absolute atomic E-state index is 2.47. The summed E-state index contributed by atoms with van der Waals surface area (Å²) in [6, 6.07) is 96.8. The first-order valence-corrected chi connectivity index (χ1v) is 24.2. The molecule has 13 rings (SSSR count). The van der Waals surface area contributed by atoms with Crippen molar-refractivity contribution < 1.29 is 0 Å². The van der Waals surface area contributed by atoms with Gasteiger partial charge in [-0.1, -0.05) is 232 Å². The molecule has 0 radical (unpaired) electrons. The van der Waals surface area contributed by atoms with Crippen LogP contribution < -0.4 is 4.90 Å². The Labute approximate surface area is 405 Å². The van der Waals surface area contributed by atoms with E-state index in [0.29, 0.717) is 0 Å². The molecule has 0 heterocycles. The first kappa shape index (κ1) is 40.7. The molecule has 0 spiro atoms. The summed E-state index contributed by atoms with van der Waals surface area (Å²) in [4.78, 5) is 2.47. The Hall–Kier alpha value is -8.52. The average Bonchev–Trinajstić information content (AvgIpc) is 3.84. The van der Waals surface area contributed by atoms with Gasteiger partial charge in [0.1, 0.15) is 0 Å². The normalized spacial score (nSPS) is 13.6. The van der Waals surface area contributed by atoms with E-state index in [-0.39, 0.29) is 5.41 Å². The van der Waals surface area contributed by atoms with Crippen molar-refractivity contribution in [2.45, 2.75) is 24.7 Å². The summed E-state index contributed by atoms with van der Waals surface area (Å²) < 4.78 is 0. The molecular weight excluding hydrogens is 831 g/mol. The van der Waals surface area contributed by atoms with Gasteiger partial charge in [-0.25, -0.2) is 0 Å². The first-order chi connectivity index (χ1) is 34.0. The standard InChI is InChI=1S/C68H49N/c1-67(2)62-32-14-11-29-58(62)60-42-40-54(45-64(60)67)69(66-34-16-13-28-57(66)50-22-17-21-49(43-50)56-31-18-20-47-19-9-10-27-55(47)56)53-38-35-46(36-39-53)48-37-41-61-59-30-12-15-33-63(59)68(65(61)44-48,51-23-5-3-6-24-51)52-25-7-4-8-26-52/h3-45H,1-2H3. The highest BCUT2D eigenvalue weighted by Gasteiger charge is 2.46. The topological polar surface area (TPSA) is 3.24 Å². The zero-order chi connectivity index (χ0) is 46.1. The Bertz CT molecular complexity index is 3700. The molecule has 11 aromatic carbocycles. The van der Waals surface area contributed by atoms with E-state index in [2.05, 4.69) is 280 Å². The summed E-state index contributed by atoms with van der Waals surface area (Å²) in [5.41, 5.74) is 23.0. The number of benzene rings is 11. The molecule has 0 aromatic heterocycles. The van der Waals surface area contributed by atoms with Crippen molar-refractivity contribution in [3.63, 3.8) is 0 Å². The van der Waals surface area contributed by atoms with Crippen molar-refractivity contribution in [2.75, 3.05) is 4.90 Å². The molecule has 11 aromatic rings. The first-order valence-electron chi connectivity index (χ1n) is 24.2. The molecule has 0 N–H and O–H groups in total. The fourth-order valence-corrected chi connectivity index (χ4v) is 11.9. The predicted octanol–water partition coefficient (Wildman–Crippen LogP) is 18.0. The summed E-state index contributed by atoms with van der Waals surface area (Å²) in [5, 5.41) is 2.50. The van der Waals surface area contributed by atoms with E-state index in [9.17, 15) is 0 Å². The van der Waals surface area contributed by atoms with Gasteiger partial charge in [0.25, 0.3) is 0 Å². The summed E-state index contributed by atoms with van der Waals surface area (Å²) >= 11 is 0. The predicted molar refractivity (Wildman–Crippen MR) is 290 cm³/mol. The molecule has 0 unspecified atom stereocenters. The van der Waals surface area contributed by atoms with Gasteiger partial charge in [0, 0.05) is 22.4 Å². The molecule has 2 aliphatic rings. The minimum absolute atomic E-state index is 0.147. The van der Waals surface area contributed by atoms with Crippen LogP contribution in [0.2, 0.25) is 0 Å². The number of hydrogen-bond acceptors (Lipinski definition) is 1. The molecule has 0 bridgehead atoms. The number of nitrogens with zero attached hydrogens (tertiary/aromatic N) is 1. The minimum Gasteiger partial charge on any atom is -0.310 e. The lowest BCUT2D eigenvalue weighted by atomic mass is 9.67. The van der Waals surface area contributed by atoms with Gasteiger partial charge in [0.15, 0.2) is 0 Å². The third-order valence-corrected chi connectivity index (χ3v) is 15.2. The zero-order valence-corrected chi connectivity index (χ0v) is 38.8. The Morgan fingerprint density at radius 2 is 0.797 bits per heavy atom. The van der Waals surface area contributed by atoms with Gasteiger partial charge in [0.05, 0.1) is 11.1 Å². The van der Waals surface area contributed by atoms with Gasteiger partial charge in [0.2, 0.25) is 0 Å². The van der Waals surface area contributed by atoms with Crippen molar-refractivity contribution in [3.05, 3.63) is 294 Å². The molecule has 1 heteroatoms. The van der Waals surface area contributed by atoms with Crippen LogP contribution in [0.25, 0.3) is 66.4 Å². The maximum Gasteiger partial charge on any atom is 0.0713 e. The highest BCUT2D eigenvalue weighted by molar-refractivity contribution is 5.98. The number of anilines is 3. The Balaban J connectivity index is 0.961. The second kappa shape index (κ2) is 16.1. The van der Waals surface area contributed by atoms with Crippen LogP contribution in [0.5, 0.6) is 0 Å². The molecule has 69 heavy (non-hydrogen) atoms. The van der Waals surface area contributed by atoms with Crippen LogP contribution in [-0.2, 0) is 10.8 Å². The van der Waals surface area contributed by atoms with Crippen molar-refractivity contribution in [1.29, 1.82) is 0 Å². The smallest absolute Gasteiger partial charge is 0.0713 e. The molecular formula is C68H49N. The van der Waals surface area contributed by atoms with Gasteiger partial charge in [-0.15, -0.1) is 0 Å². The average molecular weight is 880 g/mol. The van der Waals surface area contributed by atoms with Crippen LogP contribution in [0.4, 0.5) is 17.1 Å². The van der Waals surface area contributed by atoms with Gasteiger partial charge in [-0.3, -0.25) is 0 Å². The van der Waals surface area contributed by atoms with Crippen LogP contribution in [0, 0.1) is 0 Å². The summed E-state index contributed by atoms with van der Waals surface area (Å²) in [7, 11) is 0. The van der Waals surface area contributed by atoms with Crippen molar-refractivity contribution in [3.8, 4) is 55.6 Å². The molecule has 0 saturated carbocycles. The van der Waals surface area contributed by atoms with E-state index in [4.69, 9.17) is 0 Å².